The quantitative estimate of drug-likeness (QED) is 0.237. The number of anilines is 1. The molecule has 9 nitrogen and oxygen atoms in total. The van der Waals surface area contributed by atoms with E-state index in [1.807, 2.05) is 12.1 Å². The molecule has 2 atom stereocenters. The van der Waals surface area contributed by atoms with Crippen LogP contribution >= 0.6 is 46.0 Å². The fourth-order valence-corrected chi connectivity index (χ4v) is 7.40. The van der Waals surface area contributed by atoms with Gasteiger partial charge in [0.1, 0.15) is 15.0 Å². The van der Waals surface area contributed by atoms with E-state index in [4.69, 9.17) is 22.1 Å². The van der Waals surface area contributed by atoms with Crippen molar-refractivity contribution >= 4 is 62.7 Å². The summed E-state index contributed by atoms with van der Waals surface area (Å²) in [6.07, 6.45) is 6.96. The van der Waals surface area contributed by atoms with Crippen molar-refractivity contribution < 1.29 is 4.74 Å². The van der Waals surface area contributed by atoms with Crippen LogP contribution in [-0.4, -0.2) is 49.4 Å². The van der Waals surface area contributed by atoms with Gasteiger partial charge in [0.05, 0.1) is 59.4 Å². The van der Waals surface area contributed by atoms with Crippen LogP contribution in [0, 0.1) is 16.7 Å². The number of hydrogen-bond donors (Lipinski definition) is 1. The highest BCUT2D eigenvalue weighted by Gasteiger charge is 2.48. The SMILES string of the molecule is N#Cc1cccc(Cn2cnc3ccc(Sc4cnc(N5CCC6(CC5)CO[C@@H](I)[C@H]6N)cn4)c(Cl)c3c2=O)c1. The van der Waals surface area contributed by atoms with Crippen molar-refractivity contribution in [1.29, 1.82) is 5.26 Å². The molecule has 0 saturated carbocycles. The molecule has 1 spiro atoms. The zero-order chi connectivity index (χ0) is 27.9. The third-order valence-corrected chi connectivity index (χ3v) is 10.4. The number of fused-ring (bicyclic) bond motifs is 1. The molecular formula is C28H25ClIN7O2S. The number of aromatic nitrogens is 4. The summed E-state index contributed by atoms with van der Waals surface area (Å²) in [4.78, 5) is 30.0. The first-order valence-corrected chi connectivity index (χ1v) is 15.2. The van der Waals surface area contributed by atoms with Gasteiger partial charge in [-0.1, -0.05) is 35.5 Å². The topological polar surface area (TPSA) is 123 Å². The van der Waals surface area contributed by atoms with E-state index < -0.39 is 0 Å². The summed E-state index contributed by atoms with van der Waals surface area (Å²) < 4.78 is 7.40. The number of halogens is 2. The van der Waals surface area contributed by atoms with Gasteiger partial charge in [-0.05, 0) is 65.3 Å². The summed E-state index contributed by atoms with van der Waals surface area (Å²) >= 11 is 10.4. The van der Waals surface area contributed by atoms with Crippen molar-refractivity contribution in [3.8, 4) is 6.07 Å². The molecule has 2 N–H and O–H groups in total. The Balaban J connectivity index is 1.18. The van der Waals surface area contributed by atoms with E-state index in [-0.39, 0.29) is 27.7 Å². The van der Waals surface area contributed by atoms with Crippen molar-refractivity contribution in [3.63, 3.8) is 0 Å². The molecule has 0 amide bonds. The minimum Gasteiger partial charge on any atom is -0.366 e. The zero-order valence-corrected chi connectivity index (χ0v) is 25.1. The molecule has 0 bridgehead atoms. The van der Waals surface area contributed by atoms with Crippen LogP contribution in [0.1, 0.15) is 24.0 Å². The van der Waals surface area contributed by atoms with Gasteiger partial charge >= 0.3 is 0 Å². The minimum atomic E-state index is -0.245. The number of alkyl halides is 1. The van der Waals surface area contributed by atoms with Gasteiger partial charge in [-0.3, -0.25) is 9.36 Å². The number of nitrogens with two attached hydrogens (primary N) is 1. The van der Waals surface area contributed by atoms with Gasteiger partial charge in [0.15, 0.2) is 0 Å². The molecule has 2 aliphatic rings. The average Bonchev–Trinajstić information content (AvgIpc) is 3.25. The van der Waals surface area contributed by atoms with Crippen LogP contribution in [0.4, 0.5) is 5.82 Å². The highest BCUT2D eigenvalue weighted by Crippen LogP contribution is 2.43. The Kier molecular flexibility index (Phi) is 7.71. The molecule has 0 unspecified atom stereocenters. The van der Waals surface area contributed by atoms with Crippen molar-refractivity contribution in [1.82, 2.24) is 19.5 Å². The standard InChI is InChI=1S/C28H25ClIN7O2S/c29-24-20(5-4-19-23(24)27(38)37(16-35-19)14-18-3-1-2-17(10-18)11-31)40-22-13-33-21(12-34-22)36-8-6-28(7-9-36)15-39-26(30)25(28)32/h1-5,10,12-13,16,25-26H,6-9,14-15,32H2/t25-,26-/m1/s1. The second-order valence-electron chi connectivity index (χ2n) is 10.1. The van der Waals surface area contributed by atoms with Gasteiger partial charge in [0.25, 0.3) is 5.56 Å². The van der Waals surface area contributed by atoms with Crippen LogP contribution in [0.5, 0.6) is 0 Å². The third kappa shape index (κ3) is 5.19. The predicted molar refractivity (Wildman–Crippen MR) is 163 cm³/mol. The number of benzene rings is 2. The summed E-state index contributed by atoms with van der Waals surface area (Å²) in [6.45, 7) is 2.72. The van der Waals surface area contributed by atoms with Crippen molar-refractivity contribution in [3.05, 3.63) is 81.6 Å². The molecule has 6 rings (SSSR count). The highest BCUT2D eigenvalue weighted by molar-refractivity contribution is 14.1. The van der Waals surface area contributed by atoms with Crippen LogP contribution < -0.4 is 16.2 Å². The van der Waals surface area contributed by atoms with Gasteiger partial charge in [0.2, 0.25) is 0 Å². The Morgan fingerprint density at radius 1 is 1.20 bits per heavy atom. The lowest BCUT2D eigenvalue weighted by molar-refractivity contribution is 0.127. The fourth-order valence-electron chi connectivity index (χ4n) is 5.33. The molecule has 2 aromatic heterocycles. The molecule has 2 fully saturated rings. The van der Waals surface area contributed by atoms with E-state index in [0.29, 0.717) is 31.4 Å². The first-order chi connectivity index (χ1) is 19.4. The maximum Gasteiger partial charge on any atom is 0.263 e. The molecule has 40 heavy (non-hydrogen) atoms. The second-order valence-corrected chi connectivity index (χ2v) is 12.8. The van der Waals surface area contributed by atoms with Crippen LogP contribution in [0.15, 0.2) is 69.8 Å². The Morgan fingerprint density at radius 2 is 2.02 bits per heavy atom. The van der Waals surface area contributed by atoms with E-state index in [1.165, 1.54) is 22.7 Å². The Bertz CT molecular complexity index is 1670. The summed E-state index contributed by atoms with van der Waals surface area (Å²) in [5, 5.41) is 10.5. The molecule has 204 valence electrons. The number of nitriles is 1. The van der Waals surface area contributed by atoms with Gasteiger partial charge < -0.3 is 15.4 Å². The minimum absolute atomic E-state index is 0.0481. The van der Waals surface area contributed by atoms with Crippen LogP contribution in [0.25, 0.3) is 10.9 Å². The van der Waals surface area contributed by atoms with Gasteiger partial charge in [0, 0.05) is 29.4 Å². The molecule has 2 saturated heterocycles. The second kappa shape index (κ2) is 11.3. The molecule has 0 aliphatic carbocycles. The van der Waals surface area contributed by atoms with E-state index in [1.54, 1.807) is 36.7 Å². The fraction of sp³-hybridized carbons (Fsp3) is 0.321. The lowest BCUT2D eigenvalue weighted by Crippen LogP contribution is -2.50. The number of hydrogen-bond acceptors (Lipinski definition) is 9. The predicted octanol–water partition coefficient (Wildman–Crippen LogP) is 4.62. The van der Waals surface area contributed by atoms with Crippen molar-refractivity contribution in [2.24, 2.45) is 11.1 Å². The number of piperidine rings is 1. The normalized spacial score (nSPS) is 20.2. The molecular weight excluding hydrogens is 661 g/mol. The van der Waals surface area contributed by atoms with Crippen LogP contribution in [-0.2, 0) is 11.3 Å². The van der Waals surface area contributed by atoms with E-state index in [9.17, 15) is 10.1 Å². The Morgan fingerprint density at radius 3 is 2.73 bits per heavy atom. The summed E-state index contributed by atoms with van der Waals surface area (Å²) in [5.41, 5.74) is 8.14. The van der Waals surface area contributed by atoms with Gasteiger partial charge in [-0.15, -0.1) is 0 Å². The molecule has 4 heterocycles. The average molecular weight is 686 g/mol. The summed E-state index contributed by atoms with van der Waals surface area (Å²) in [5.74, 6) is 0.829. The molecule has 0 radical (unpaired) electrons. The molecule has 2 aromatic carbocycles. The molecule has 2 aliphatic heterocycles. The van der Waals surface area contributed by atoms with E-state index in [0.717, 1.165) is 43.9 Å². The maximum atomic E-state index is 13.4. The number of nitrogens with zero attached hydrogens (tertiary/aromatic N) is 6. The third-order valence-electron chi connectivity index (χ3n) is 7.74. The summed E-state index contributed by atoms with van der Waals surface area (Å²) in [7, 11) is 0. The Labute approximate surface area is 253 Å². The smallest absolute Gasteiger partial charge is 0.263 e. The van der Waals surface area contributed by atoms with Gasteiger partial charge in [-0.2, -0.15) is 5.26 Å². The van der Waals surface area contributed by atoms with E-state index >= 15 is 0 Å². The largest absolute Gasteiger partial charge is 0.366 e. The first kappa shape index (κ1) is 27.4. The number of ether oxygens (including phenoxy) is 1. The number of rotatable bonds is 5. The molecule has 12 heteroatoms. The van der Waals surface area contributed by atoms with Crippen LogP contribution in [0.3, 0.4) is 0 Å². The zero-order valence-electron chi connectivity index (χ0n) is 21.3. The monoisotopic (exact) mass is 685 g/mol. The van der Waals surface area contributed by atoms with E-state index in [2.05, 4.69) is 48.5 Å². The molecule has 4 aromatic rings. The van der Waals surface area contributed by atoms with Gasteiger partial charge in [-0.25, -0.2) is 15.0 Å². The summed E-state index contributed by atoms with van der Waals surface area (Å²) in [6, 6.07) is 13.0. The maximum absolute atomic E-state index is 13.4. The van der Waals surface area contributed by atoms with Crippen molar-refractivity contribution in [2.75, 3.05) is 24.6 Å². The first-order valence-electron chi connectivity index (χ1n) is 12.8. The lowest BCUT2D eigenvalue weighted by atomic mass is 9.75. The Hall–Kier alpha value is -2.76. The van der Waals surface area contributed by atoms with Crippen molar-refractivity contribution in [2.45, 2.75) is 39.5 Å². The lowest BCUT2D eigenvalue weighted by Gasteiger charge is -2.41. The van der Waals surface area contributed by atoms with Crippen LogP contribution in [0.2, 0.25) is 5.02 Å². The highest BCUT2D eigenvalue weighted by atomic mass is 127.